The van der Waals surface area contributed by atoms with Gasteiger partial charge in [0.05, 0.1) is 26.1 Å². The molecule has 7 rings (SSSR count). The van der Waals surface area contributed by atoms with E-state index >= 15 is 0 Å². The van der Waals surface area contributed by atoms with Crippen molar-refractivity contribution in [3.05, 3.63) is 101 Å². The molecule has 190 valence electrons. The third-order valence-corrected chi connectivity index (χ3v) is 9.15. The second kappa shape index (κ2) is 8.72. The smallest absolute Gasteiger partial charge is 0.314 e. The van der Waals surface area contributed by atoms with E-state index in [0.29, 0.717) is 18.8 Å². The van der Waals surface area contributed by atoms with Gasteiger partial charge >= 0.3 is 5.97 Å². The molecule has 0 N–H and O–H groups in total. The van der Waals surface area contributed by atoms with Gasteiger partial charge in [0.1, 0.15) is 11.6 Å². The number of rotatable bonds is 5. The average Bonchev–Trinajstić information content (AvgIpc) is 3.37. The number of halogens is 1. The number of esters is 1. The molecule has 5 nitrogen and oxygen atoms in total. The molecule has 1 aliphatic heterocycles. The van der Waals surface area contributed by atoms with Gasteiger partial charge < -0.3 is 14.4 Å². The Morgan fingerprint density at radius 3 is 2.49 bits per heavy atom. The summed E-state index contributed by atoms with van der Waals surface area (Å²) < 4.78 is 25.0. The largest absolute Gasteiger partial charge is 0.496 e. The summed E-state index contributed by atoms with van der Waals surface area (Å²) in [5.74, 6) is -0.168. The number of nitrogens with zero attached hydrogens (tertiary/aromatic N) is 1. The monoisotopic (exact) mass is 499 g/mol. The molecule has 3 aliphatic carbocycles. The van der Waals surface area contributed by atoms with Crippen LogP contribution in [0.1, 0.15) is 41.0 Å². The van der Waals surface area contributed by atoms with E-state index in [4.69, 9.17) is 9.47 Å². The molecule has 2 bridgehead atoms. The first-order valence-corrected chi connectivity index (χ1v) is 12.8. The van der Waals surface area contributed by atoms with Gasteiger partial charge in [-0.2, -0.15) is 0 Å². The van der Waals surface area contributed by atoms with Crippen LogP contribution in [0.3, 0.4) is 0 Å². The van der Waals surface area contributed by atoms with Gasteiger partial charge in [-0.1, -0.05) is 54.6 Å². The molecule has 0 radical (unpaired) electrons. The van der Waals surface area contributed by atoms with Crippen molar-refractivity contribution in [3.8, 4) is 5.75 Å². The molecule has 0 spiro atoms. The van der Waals surface area contributed by atoms with Gasteiger partial charge in [-0.05, 0) is 47.7 Å². The summed E-state index contributed by atoms with van der Waals surface area (Å²) in [6, 6.07) is 22.5. The van der Waals surface area contributed by atoms with E-state index in [0.717, 1.165) is 29.5 Å². The van der Waals surface area contributed by atoms with E-state index in [1.165, 1.54) is 24.8 Å². The van der Waals surface area contributed by atoms with Gasteiger partial charge in [0.2, 0.25) is 5.91 Å². The Morgan fingerprint density at radius 1 is 1.00 bits per heavy atom. The minimum atomic E-state index is -0.869. The third-order valence-electron chi connectivity index (χ3n) is 9.15. The Bertz CT molecular complexity index is 1370. The number of amides is 1. The first-order chi connectivity index (χ1) is 18.0. The maximum Gasteiger partial charge on any atom is 0.314 e. The molecular formula is C31H30FNO4. The van der Waals surface area contributed by atoms with Crippen LogP contribution in [0.25, 0.3) is 0 Å². The van der Waals surface area contributed by atoms with E-state index in [1.54, 1.807) is 7.11 Å². The summed E-state index contributed by atoms with van der Waals surface area (Å²) >= 11 is 0. The Morgan fingerprint density at radius 2 is 1.73 bits per heavy atom. The van der Waals surface area contributed by atoms with Crippen molar-refractivity contribution < 1.29 is 23.5 Å². The maximum absolute atomic E-state index is 14.0. The van der Waals surface area contributed by atoms with Crippen LogP contribution in [-0.2, 0) is 26.2 Å². The summed E-state index contributed by atoms with van der Waals surface area (Å²) in [4.78, 5) is 29.4. The fourth-order valence-corrected chi connectivity index (χ4v) is 7.69. The number of carbonyl (C=O) groups is 2. The fourth-order valence-electron chi connectivity index (χ4n) is 7.69. The van der Waals surface area contributed by atoms with Crippen LogP contribution in [0, 0.1) is 17.2 Å². The Balaban J connectivity index is 1.48. The molecule has 37 heavy (non-hydrogen) atoms. The van der Waals surface area contributed by atoms with Crippen LogP contribution >= 0.6 is 0 Å². The van der Waals surface area contributed by atoms with Gasteiger partial charge in [-0.25, -0.2) is 4.39 Å². The molecule has 1 saturated carbocycles. The van der Waals surface area contributed by atoms with E-state index in [1.807, 2.05) is 53.4 Å². The van der Waals surface area contributed by atoms with Gasteiger partial charge in [-0.15, -0.1) is 0 Å². The Hall–Kier alpha value is -3.67. The zero-order chi connectivity index (χ0) is 25.8. The number of para-hydroxylation sites is 1. The summed E-state index contributed by atoms with van der Waals surface area (Å²) in [6.45, 7) is 0.742. The lowest BCUT2D eigenvalue weighted by Gasteiger charge is -2.59. The highest BCUT2D eigenvalue weighted by Crippen LogP contribution is 2.69. The number of benzene rings is 3. The van der Waals surface area contributed by atoms with Crippen molar-refractivity contribution >= 4 is 11.9 Å². The normalized spacial score (nSPS) is 27.4. The number of ether oxygens (including phenoxy) is 2. The molecule has 1 amide bonds. The van der Waals surface area contributed by atoms with Gasteiger partial charge in [0.25, 0.3) is 0 Å². The second-order valence-corrected chi connectivity index (χ2v) is 10.5. The third kappa shape index (κ3) is 3.27. The first kappa shape index (κ1) is 23.7. The van der Waals surface area contributed by atoms with E-state index in [-0.39, 0.29) is 36.0 Å². The molecule has 2 fully saturated rings. The zero-order valence-corrected chi connectivity index (χ0v) is 21.1. The Labute approximate surface area is 216 Å². The highest BCUT2D eigenvalue weighted by atomic mass is 19.1. The Kier molecular flexibility index (Phi) is 5.59. The van der Waals surface area contributed by atoms with Crippen LogP contribution in [-0.4, -0.2) is 44.1 Å². The number of methoxy groups -OCH3 is 2. The zero-order valence-electron chi connectivity index (χ0n) is 21.1. The van der Waals surface area contributed by atoms with Crippen molar-refractivity contribution in [1.82, 2.24) is 4.90 Å². The minimum absolute atomic E-state index is 0.0418. The minimum Gasteiger partial charge on any atom is -0.496 e. The van der Waals surface area contributed by atoms with E-state index in [9.17, 15) is 14.0 Å². The molecule has 1 heterocycles. The maximum atomic E-state index is 14.0. The average molecular weight is 500 g/mol. The molecule has 0 aromatic heterocycles. The van der Waals surface area contributed by atoms with Crippen LogP contribution in [0.5, 0.6) is 5.75 Å². The number of likely N-dealkylation sites (tertiary alicyclic amines) is 1. The topological polar surface area (TPSA) is 55.8 Å². The van der Waals surface area contributed by atoms with Crippen molar-refractivity contribution in [2.45, 2.75) is 30.6 Å². The van der Waals surface area contributed by atoms with E-state index < -0.39 is 10.8 Å². The number of hydrogen-bond donors (Lipinski definition) is 0. The lowest BCUT2D eigenvalue weighted by atomic mass is 9.42. The van der Waals surface area contributed by atoms with Crippen LogP contribution in [0.4, 0.5) is 4.39 Å². The van der Waals surface area contributed by atoms with Crippen molar-refractivity contribution in [1.29, 1.82) is 0 Å². The summed E-state index contributed by atoms with van der Waals surface area (Å²) in [7, 11) is 3.04. The molecule has 4 aliphatic rings. The molecule has 3 aromatic rings. The summed E-state index contributed by atoms with van der Waals surface area (Å²) in [6.07, 6.45) is 1.82. The lowest BCUT2D eigenvalue weighted by Crippen LogP contribution is -2.60. The summed E-state index contributed by atoms with van der Waals surface area (Å²) in [5.41, 5.74) is 2.73. The van der Waals surface area contributed by atoms with Crippen LogP contribution in [0.2, 0.25) is 0 Å². The predicted octanol–water partition coefficient (Wildman–Crippen LogP) is 4.87. The molecule has 6 heteroatoms. The second-order valence-electron chi connectivity index (χ2n) is 10.5. The van der Waals surface area contributed by atoms with Gasteiger partial charge in [-0.3, -0.25) is 9.59 Å². The van der Waals surface area contributed by atoms with Crippen molar-refractivity contribution in [2.75, 3.05) is 27.3 Å². The van der Waals surface area contributed by atoms with Gasteiger partial charge in [0, 0.05) is 35.9 Å². The molecule has 4 atom stereocenters. The number of fused-ring (bicyclic) bond motifs is 1. The fraction of sp³-hybridized carbons (Fsp3) is 0.355. The van der Waals surface area contributed by atoms with Crippen molar-refractivity contribution in [3.63, 3.8) is 0 Å². The number of hydrogen-bond acceptors (Lipinski definition) is 4. The SMILES string of the molecule is COC(=O)C12CN(C(=O)Cc3ccccc3OC)CC1C1(c3ccc(F)cc3)CCC2c2ccccc21. The quantitative estimate of drug-likeness (QED) is 0.470. The predicted molar refractivity (Wildman–Crippen MR) is 137 cm³/mol. The first-order valence-electron chi connectivity index (χ1n) is 12.8. The van der Waals surface area contributed by atoms with Gasteiger partial charge in [0.15, 0.2) is 0 Å². The van der Waals surface area contributed by atoms with Crippen molar-refractivity contribution in [2.24, 2.45) is 11.3 Å². The van der Waals surface area contributed by atoms with E-state index in [2.05, 4.69) is 12.1 Å². The van der Waals surface area contributed by atoms with Crippen LogP contribution < -0.4 is 4.74 Å². The highest BCUT2D eigenvalue weighted by molar-refractivity contribution is 5.86. The number of carbonyl (C=O) groups excluding carboxylic acids is 2. The summed E-state index contributed by atoms with van der Waals surface area (Å²) in [5, 5.41) is 0. The molecule has 3 aromatic carbocycles. The van der Waals surface area contributed by atoms with Crippen LogP contribution in [0.15, 0.2) is 72.8 Å². The lowest BCUT2D eigenvalue weighted by molar-refractivity contribution is -0.161. The molecular weight excluding hydrogens is 469 g/mol. The standard InChI is InChI=1S/C31H30FNO4/c1-36-26-10-6-3-7-20(26)17-28(34)33-18-27-30(21-11-13-22(32)14-12-21)16-15-25(23-8-4-5-9-24(23)30)31(27,19-33)29(35)37-2/h3-14,25,27H,15-19H2,1-2H3. The molecule has 1 saturated heterocycles. The highest BCUT2D eigenvalue weighted by Gasteiger charge is 2.71. The molecule has 4 unspecified atom stereocenters.